The molecule has 3 rings (SSSR count). The van der Waals surface area contributed by atoms with E-state index >= 15 is 4.39 Å². The fourth-order valence-electron chi connectivity index (χ4n) is 3.71. The van der Waals surface area contributed by atoms with Gasteiger partial charge in [0, 0.05) is 19.6 Å². The van der Waals surface area contributed by atoms with Gasteiger partial charge in [0.15, 0.2) is 5.67 Å². The van der Waals surface area contributed by atoms with E-state index in [1.54, 1.807) is 20.8 Å². The number of hydrogen-bond acceptors (Lipinski definition) is 5. The van der Waals surface area contributed by atoms with Gasteiger partial charge in [-0.2, -0.15) is 0 Å². The lowest BCUT2D eigenvalue weighted by Crippen LogP contribution is -2.68. The van der Waals surface area contributed by atoms with Crippen molar-refractivity contribution in [3.63, 3.8) is 0 Å². The minimum atomic E-state index is -1.99. The summed E-state index contributed by atoms with van der Waals surface area (Å²) in [5.74, 6) is 0. The summed E-state index contributed by atoms with van der Waals surface area (Å²) >= 11 is 0. The molecule has 2 amide bonds. The van der Waals surface area contributed by atoms with Gasteiger partial charge in [-0.25, -0.2) is 14.0 Å². The molecule has 1 unspecified atom stereocenters. The SMILES string of the molecule is CC(C)(C)OC(=O)N1CC2(CN(C(=O)OCc3ccccc3)CC2(F)CO)C1. The molecule has 7 nitrogen and oxygen atoms in total. The molecule has 1 spiro atoms. The average Bonchev–Trinajstić information content (AvgIpc) is 2.92. The summed E-state index contributed by atoms with van der Waals surface area (Å²) in [5, 5.41) is 9.66. The van der Waals surface area contributed by atoms with E-state index in [0.29, 0.717) is 0 Å². The van der Waals surface area contributed by atoms with E-state index in [1.807, 2.05) is 30.3 Å². The molecule has 2 aliphatic rings. The molecule has 2 fully saturated rings. The Kier molecular flexibility index (Phi) is 5.27. The Hall–Kier alpha value is -2.35. The lowest BCUT2D eigenvalue weighted by atomic mass is 9.70. The molecule has 8 heteroatoms. The van der Waals surface area contributed by atoms with Gasteiger partial charge in [0.05, 0.1) is 18.6 Å². The molecule has 28 heavy (non-hydrogen) atoms. The van der Waals surface area contributed by atoms with Crippen molar-refractivity contribution in [1.82, 2.24) is 9.80 Å². The Morgan fingerprint density at radius 3 is 2.18 bits per heavy atom. The number of aliphatic hydroxyl groups excluding tert-OH is 1. The van der Waals surface area contributed by atoms with E-state index in [9.17, 15) is 14.7 Å². The van der Waals surface area contributed by atoms with Crippen LogP contribution in [0.5, 0.6) is 0 Å². The zero-order chi connectivity index (χ0) is 20.6. The first-order valence-electron chi connectivity index (χ1n) is 9.31. The Morgan fingerprint density at radius 1 is 1.07 bits per heavy atom. The molecule has 2 heterocycles. The molecule has 1 N–H and O–H groups in total. The van der Waals surface area contributed by atoms with Gasteiger partial charge in [0.2, 0.25) is 0 Å². The lowest BCUT2D eigenvalue weighted by Gasteiger charge is -2.52. The van der Waals surface area contributed by atoms with Crippen LogP contribution in [0.15, 0.2) is 30.3 Å². The fourth-order valence-corrected chi connectivity index (χ4v) is 3.71. The highest BCUT2D eigenvalue weighted by Gasteiger charge is 2.66. The summed E-state index contributed by atoms with van der Waals surface area (Å²) in [6.45, 7) is 4.62. The van der Waals surface area contributed by atoms with E-state index < -0.39 is 35.5 Å². The first-order chi connectivity index (χ1) is 13.1. The maximum absolute atomic E-state index is 15.4. The van der Waals surface area contributed by atoms with Crippen LogP contribution in [0.25, 0.3) is 0 Å². The van der Waals surface area contributed by atoms with E-state index in [2.05, 4.69) is 0 Å². The van der Waals surface area contributed by atoms with Gasteiger partial charge in [0.1, 0.15) is 12.2 Å². The van der Waals surface area contributed by atoms with Gasteiger partial charge < -0.3 is 24.4 Å². The largest absolute Gasteiger partial charge is 0.445 e. The highest BCUT2D eigenvalue weighted by molar-refractivity contribution is 5.71. The summed E-state index contributed by atoms with van der Waals surface area (Å²) in [4.78, 5) is 27.2. The van der Waals surface area contributed by atoms with Crippen molar-refractivity contribution in [2.45, 2.75) is 38.6 Å². The second kappa shape index (κ2) is 7.24. The van der Waals surface area contributed by atoms with Crippen molar-refractivity contribution in [2.75, 3.05) is 32.8 Å². The maximum atomic E-state index is 15.4. The molecule has 154 valence electrons. The second-order valence-electron chi connectivity index (χ2n) is 8.64. The van der Waals surface area contributed by atoms with Gasteiger partial charge in [0.25, 0.3) is 0 Å². The molecule has 1 atom stereocenters. The Morgan fingerprint density at radius 2 is 1.64 bits per heavy atom. The third-order valence-electron chi connectivity index (χ3n) is 5.24. The molecule has 0 aromatic heterocycles. The quantitative estimate of drug-likeness (QED) is 0.853. The fraction of sp³-hybridized carbons (Fsp3) is 0.600. The molecule has 0 bridgehead atoms. The minimum Gasteiger partial charge on any atom is -0.445 e. The molecular weight excluding hydrogens is 367 g/mol. The van der Waals surface area contributed by atoms with E-state index in [-0.39, 0.29) is 32.8 Å². The van der Waals surface area contributed by atoms with Crippen molar-refractivity contribution in [3.05, 3.63) is 35.9 Å². The van der Waals surface area contributed by atoms with E-state index in [1.165, 1.54) is 9.80 Å². The average molecular weight is 394 g/mol. The zero-order valence-corrected chi connectivity index (χ0v) is 16.5. The van der Waals surface area contributed by atoms with Crippen molar-refractivity contribution >= 4 is 12.2 Å². The van der Waals surface area contributed by atoms with E-state index in [0.717, 1.165) is 5.56 Å². The number of rotatable bonds is 3. The second-order valence-corrected chi connectivity index (χ2v) is 8.64. The first-order valence-corrected chi connectivity index (χ1v) is 9.31. The highest BCUT2D eigenvalue weighted by atomic mass is 19.1. The number of halogens is 1. The molecule has 0 saturated carbocycles. The number of nitrogens with zero attached hydrogens (tertiary/aromatic N) is 2. The number of carbonyl (C=O) groups is 2. The van der Waals surface area contributed by atoms with Crippen LogP contribution in [-0.2, 0) is 16.1 Å². The summed E-state index contributed by atoms with van der Waals surface area (Å²) in [6, 6.07) is 9.20. The third kappa shape index (κ3) is 3.92. The third-order valence-corrected chi connectivity index (χ3v) is 5.24. The Balaban J connectivity index is 1.61. The lowest BCUT2D eigenvalue weighted by molar-refractivity contribution is -0.105. The Labute approximate surface area is 164 Å². The normalized spacial score (nSPS) is 23.5. The summed E-state index contributed by atoms with van der Waals surface area (Å²) in [7, 11) is 0. The Bertz CT molecular complexity index is 730. The van der Waals surface area contributed by atoms with Crippen molar-refractivity contribution in [2.24, 2.45) is 5.41 Å². The maximum Gasteiger partial charge on any atom is 0.410 e. The number of amides is 2. The van der Waals surface area contributed by atoms with Gasteiger partial charge in [-0.05, 0) is 26.3 Å². The van der Waals surface area contributed by atoms with Gasteiger partial charge in [-0.3, -0.25) is 0 Å². The number of carbonyl (C=O) groups excluding carboxylic acids is 2. The van der Waals surface area contributed by atoms with Crippen LogP contribution in [-0.4, -0.2) is 71.1 Å². The molecular formula is C20H27FN2O5. The van der Waals surface area contributed by atoms with Crippen LogP contribution < -0.4 is 0 Å². The molecule has 2 saturated heterocycles. The molecule has 2 aliphatic heterocycles. The topological polar surface area (TPSA) is 79.3 Å². The van der Waals surface area contributed by atoms with Gasteiger partial charge in [-0.1, -0.05) is 30.3 Å². The molecule has 1 aromatic carbocycles. The van der Waals surface area contributed by atoms with Gasteiger partial charge >= 0.3 is 12.2 Å². The molecule has 1 aromatic rings. The van der Waals surface area contributed by atoms with Crippen LogP contribution >= 0.6 is 0 Å². The minimum absolute atomic E-state index is 0.0803. The first kappa shape index (κ1) is 20.4. The number of likely N-dealkylation sites (tertiary alicyclic amines) is 2. The highest BCUT2D eigenvalue weighted by Crippen LogP contribution is 2.49. The summed E-state index contributed by atoms with van der Waals surface area (Å²) < 4.78 is 26.0. The van der Waals surface area contributed by atoms with E-state index in [4.69, 9.17) is 9.47 Å². The van der Waals surface area contributed by atoms with Gasteiger partial charge in [-0.15, -0.1) is 0 Å². The number of ether oxygens (including phenoxy) is 2. The predicted octanol–water partition coefficient (Wildman–Crippen LogP) is 2.58. The van der Waals surface area contributed by atoms with Crippen LogP contribution in [0.1, 0.15) is 26.3 Å². The predicted molar refractivity (Wildman–Crippen MR) is 99.4 cm³/mol. The van der Waals surface area contributed by atoms with Crippen LogP contribution in [0.2, 0.25) is 0 Å². The number of hydrogen-bond donors (Lipinski definition) is 1. The smallest absolute Gasteiger partial charge is 0.410 e. The van der Waals surface area contributed by atoms with Crippen LogP contribution in [0.4, 0.5) is 14.0 Å². The van der Waals surface area contributed by atoms with Crippen LogP contribution in [0.3, 0.4) is 0 Å². The molecule has 0 aliphatic carbocycles. The summed E-state index contributed by atoms with van der Waals surface area (Å²) in [6.07, 6.45) is -1.16. The van der Waals surface area contributed by atoms with Crippen molar-refractivity contribution < 1.29 is 28.6 Å². The monoisotopic (exact) mass is 394 g/mol. The number of aliphatic hydroxyl groups is 1. The number of alkyl halides is 1. The number of benzene rings is 1. The standard InChI is InChI=1S/C20H27FN2O5/c1-18(2,3)28-17(26)22-10-19(11-22)12-23(13-20(19,21)14-24)16(25)27-9-15-7-5-4-6-8-15/h4-8,24H,9-14H2,1-3H3. The zero-order valence-electron chi connectivity index (χ0n) is 16.5. The van der Waals surface area contributed by atoms with Crippen molar-refractivity contribution in [3.8, 4) is 0 Å². The van der Waals surface area contributed by atoms with Crippen LogP contribution in [0, 0.1) is 5.41 Å². The summed E-state index contributed by atoms with van der Waals surface area (Å²) in [5.41, 5.74) is -2.81. The molecule has 0 radical (unpaired) electrons. The van der Waals surface area contributed by atoms with Crippen molar-refractivity contribution in [1.29, 1.82) is 0 Å².